The molecule has 0 aromatic carbocycles. The summed E-state index contributed by atoms with van der Waals surface area (Å²) in [6.07, 6.45) is 2.72. The lowest BCUT2D eigenvalue weighted by molar-refractivity contribution is -0.923. The van der Waals surface area contributed by atoms with Crippen molar-refractivity contribution in [1.29, 1.82) is 0 Å². The second-order valence-corrected chi connectivity index (χ2v) is 3.86. The Morgan fingerprint density at radius 2 is 1.12 bits per heavy atom. The van der Waals surface area contributed by atoms with Crippen molar-refractivity contribution in [1.82, 2.24) is 0 Å². The van der Waals surface area contributed by atoms with Gasteiger partial charge in [0, 0.05) is 0 Å². The number of quaternary nitrogens is 1. The Kier molecular flexibility index (Phi) is 10.0. The van der Waals surface area contributed by atoms with E-state index in [0.29, 0.717) is 0 Å². The highest BCUT2D eigenvalue weighted by molar-refractivity contribution is 6.50. The highest BCUT2D eigenvalue weighted by Crippen LogP contribution is 2.08. The van der Waals surface area contributed by atoms with Crippen LogP contribution in [0.3, 0.4) is 0 Å². The molecule has 0 rings (SSSR count). The summed E-state index contributed by atoms with van der Waals surface area (Å²) in [6, 6.07) is 0. The van der Waals surface area contributed by atoms with Gasteiger partial charge in [-0.05, 0) is 27.2 Å². The zero-order valence-electron chi connectivity index (χ0n) is 10.8. The molecule has 100 valence electrons. The van der Waals surface area contributed by atoms with E-state index >= 15 is 0 Å². The van der Waals surface area contributed by atoms with E-state index in [0.717, 1.165) is 0 Å². The van der Waals surface area contributed by atoms with Gasteiger partial charge in [0.1, 0.15) is 0 Å². The lowest BCUT2D eigenvalue weighted by Crippen LogP contribution is -2.48. The fraction of sp³-hybridized carbons (Fsp3) is 1.00. The van der Waals surface area contributed by atoms with Gasteiger partial charge in [-0.15, -0.1) is 0 Å². The van der Waals surface area contributed by atoms with Crippen LogP contribution in [-0.2, 0) is 0 Å². The molecule has 0 saturated carbocycles. The Morgan fingerprint density at radius 1 is 0.812 bits per heavy atom. The summed E-state index contributed by atoms with van der Waals surface area (Å²) >= 11 is 0. The van der Waals surface area contributed by atoms with Crippen LogP contribution in [0.25, 0.3) is 0 Å². The monoisotopic (exact) mass is 245 g/mol. The van der Waals surface area contributed by atoms with Crippen molar-refractivity contribution >= 4 is 7.25 Å². The number of rotatable bonds is 6. The molecule has 0 aromatic rings. The van der Waals surface area contributed by atoms with E-state index in [1.165, 1.54) is 43.5 Å². The topological polar surface area (TPSA) is 0 Å². The van der Waals surface area contributed by atoms with E-state index in [4.69, 9.17) is 0 Å². The average Bonchev–Trinajstić information content (AvgIpc) is 2.19. The fourth-order valence-electron chi connectivity index (χ4n) is 1.64. The SMILES string of the molecule is CCCC[N+](CC)(CC)CC.F[B-](F)(F)F. The van der Waals surface area contributed by atoms with Gasteiger partial charge in [0.2, 0.25) is 0 Å². The minimum absolute atomic E-state index is 1.30. The Balaban J connectivity index is 0. The highest BCUT2D eigenvalue weighted by atomic mass is 19.5. The number of hydrogen-bond acceptors (Lipinski definition) is 0. The number of halogens is 4. The zero-order chi connectivity index (χ0) is 13.2. The summed E-state index contributed by atoms with van der Waals surface area (Å²) in [6.45, 7) is 14.5. The molecule has 0 aliphatic heterocycles. The molecule has 0 atom stereocenters. The summed E-state index contributed by atoms with van der Waals surface area (Å²) in [5.74, 6) is 0. The van der Waals surface area contributed by atoms with Gasteiger partial charge in [-0.25, -0.2) is 0 Å². The van der Waals surface area contributed by atoms with Gasteiger partial charge >= 0.3 is 7.25 Å². The minimum Gasteiger partial charge on any atom is -0.418 e. The Morgan fingerprint density at radius 3 is 1.31 bits per heavy atom. The van der Waals surface area contributed by atoms with E-state index < -0.39 is 7.25 Å². The Hall–Kier alpha value is -0.255. The van der Waals surface area contributed by atoms with Gasteiger partial charge in [-0.2, -0.15) is 0 Å². The molecule has 0 radical (unpaired) electrons. The van der Waals surface area contributed by atoms with Crippen molar-refractivity contribution in [2.24, 2.45) is 0 Å². The maximum Gasteiger partial charge on any atom is 0.673 e. The number of unbranched alkanes of at least 4 members (excludes halogenated alkanes) is 1. The van der Waals surface area contributed by atoms with E-state index in [9.17, 15) is 17.3 Å². The van der Waals surface area contributed by atoms with Gasteiger partial charge in [-0.3, -0.25) is 0 Å². The maximum absolute atomic E-state index is 9.75. The average molecular weight is 245 g/mol. The molecule has 0 heterocycles. The van der Waals surface area contributed by atoms with E-state index in [1.807, 2.05) is 0 Å². The third kappa shape index (κ3) is 11.8. The molecule has 6 heteroatoms. The number of hydrogen-bond donors (Lipinski definition) is 0. The van der Waals surface area contributed by atoms with Crippen LogP contribution in [0.2, 0.25) is 0 Å². The van der Waals surface area contributed by atoms with Crippen molar-refractivity contribution in [3.8, 4) is 0 Å². The van der Waals surface area contributed by atoms with Crippen molar-refractivity contribution < 1.29 is 21.7 Å². The van der Waals surface area contributed by atoms with Crippen LogP contribution in [-0.4, -0.2) is 37.9 Å². The Labute approximate surface area is 96.5 Å². The maximum atomic E-state index is 9.75. The van der Waals surface area contributed by atoms with E-state index in [1.54, 1.807) is 0 Å². The molecule has 16 heavy (non-hydrogen) atoms. The summed E-state index contributed by atoms with van der Waals surface area (Å²) in [5, 5.41) is 0. The molecule has 0 unspecified atom stereocenters. The van der Waals surface area contributed by atoms with Gasteiger partial charge in [0.15, 0.2) is 0 Å². The van der Waals surface area contributed by atoms with Gasteiger partial charge < -0.3 is 21.7 Å². The molecular weight excluding hydrogens is 221 g/mol. The first-order valence-electron chi connectivity index (χ1n) is 5.97. The molecule has 0 fully saturated rings. The van der Waals surface area contributed by atoms with Crippen molar-refractivity contribution in [3.63, 3.8) is 0 Å². The molecule has 0 spiro atoms. The van der Waals surface area contributed by atoms with Crippen LogP contribution in [0.4, 0.5) is 17.3 Å². The standard InChI is InChI=1S/C10H24N.BF4/c1-5-9-10-11(6-2,7-3)8-4;2-1(3,4)5/h5-10H2,1-4H3;/q+1;-1. The predicted molar refractivity (Wildman–Crippen MR) is 61.8 cm³/mol. The molecular formula is C10H24BF4N. The van der Waals surface area contributed by atoms with Crippen LogP contribution in [0.15, 0.2) is 0 Å². The predicted octanol–water partition coefficient (Wildman–Crippen LogP) is 3.96. The van der Waals surface area contributed by atoms with Gasteiger partial charge in [-0.1, -0.05) is 13.3 Å². The largest absolute Gasteiger partial charge is 0.673 e. The smallest absolute Gasteiger partial charge is 0.418 e. The summed E-state index contributed by atoms with van der Waals surface area (Å²) in [4.78, 5) is 0. The minimum atomic E-state index is -6.00. The molecule has 0 N–H and O–H groups in total. The van der Waals surface area contributed by atoms with Crippen LogP contribution in [0.5, 0.6) is 0 Å². The second kappa shape index (κ2) is 8.85. The highest BCUT2D eigenvalue weighted by Gasteiger charge is 2.20. The van der Waals surface area contributed by atoms with E-state index in [2.05, 4.69) is 27.7 Å². The summed E-state index contributed by atoms with van der Waals surface area (Å²) in [5.41, 5.74) is 0. The third-order valence-corrected chi connectivity index (χ3v) is 3.00. The second-order valence-electron chi connectivity index (χ2n) is 3.86. The molecule has 0 saturated heterocycles. The number of nitrogens with zero attached hydrogens (tertiary/aromatic N) is 1. The molecule has 0 amide bonds. The van der Waals surface area contributed by atoms with Crippen molar-refractivity contribution in [2.75, 3.05) is 26.2 Å². The van der Waals surface area contributed by atoms with Crippen molar-refractivity contribution in [2.45, 2.75) is 40.5 Å². The first kappa shape index (κ1) is 18.1. The fourth-order valence-corrected chi connectivity index (χ4v) is 1.64. The molecule has 1 nitrogen and oxygen atoms in total. The van der Waals surface area contributed by atoms with Crippen LogP contribution in [0, 0.1) is 0 Å². The zero-order valence-corrected chi connectivity index (χ0v) is 10.8. The summed E-state index contributed by atoms with van der Waals surface area (Å²) < 4.78 is 40.3. The molecule has 0 bridgehead atoms. The molecule has 0 aromatic heterocycles. The normalized spacial score (nSPS) is 12.0. The third-order valence-electron chi connectivity index (χ3n) is 3.00. The van der Waals surface area contributed by atoms with Crippen LogP contribution in [0.1, 0.15) is 40.5 Å². The summed E-state index contributed by atoms with van der Waals surface area (Å²) in [7, 11) is -6.00. The molecule has 0 aliphatic carbocycles. The lowest BCUT2D eigenvalue weighted by atomic mass is 10.2. The van der Waals surface area contributed by atoms with Gasteiger partial charge in [0.05, 0.1) is 26.2 Å². The van der Waals surface area contributed by atoms with Crippen molar-refractivity contribution in [3.05, 3.63) is 0 Å². The lowest BCUT2D eigenvalue weighted by Gasteiger charge is -2.35. The first-order valence-corrected chi connectivity index (χ1v) is 5.97. The van der Waals surface area contributed by atoms with Crippen LogP contribution < -0.4 is 0 Å². The first-order chi connectivity index (χ1) is 7.24. The Bertz CT molecular complexity index is 143. The van der Waals surface area contributed by atoms with Gasteiger partial charge in [0.25, 0.3) is 0 Å². The van der Waals surface area contributed by atoms with Crippen LogP contribution >= 0.6 is 0 Å². The molecule has 0 aliphatic rings. The van der Waals surface area contributed by atoms with E-state index in [-0.39, 0.29) is 0 Å². The quantitative estimate of drug-likeness (QED) is 0.377.